The number of rotatable bonds is 6. The molecule has 128 valence electrons. The summed E-state index contributed by atoms with van der Waals surface area (Å²) in [6.45, 7) is 3.92. The van der Waals surface area contributed by atoms with Gasteiger partial charge in [0.25, 0.3) is 0 Å². The lowest BCUT2D eigenvalue weighted by molar-refractivity contribution is -0.142. The van der Waals surface area contributed by atoms with Gasteiger partial charge in [-0.3, -0.25) is 0 Å². The Labute approximate surface area is 139 Å². The van der Waals surface area contributed by atoms with Crippen molar-refractivity contribution in [1.29, 1.82) is 0 Å². The standard InChI is InChI=1S/C16H21N5O3/c1-9(2)13(15(22)24-3)21-14-10-6-4-5-7-11(10)19-12(20-14)8-18-16(17)23/h4-7,9,13H,8H2,1-3H3,(H3,17,18,23)(H,19,20,21). The van der Waals surface area contributed by atoms with Crippen LogP contribution in [0.15, 0.2) is 24.3 Å². The molecule has 1 heterocycles. The van der Waals surface area contributed by atoms with E-state index in [4.69, 9.17) is 10.5 Å². The largest absolute Gasteiger partial charge is 0.467 e. The average Bonchev–Trinajstić information content (AvgIpc) is 2.56. The van der Waals surface area contributed by atoms with Gasteiger partial charge in [0, 0.05) is 5.39 Å². The Morgan fingerprint density at radius 2 is 1.96 bits per heavy atom. The molecule has 0 aliphatic carbocycles. The number of benzene rings is 1. The Morgan fingerprint density at radius 1 is 1.25 bits per heavy atom. The predicted molar refractivity (Wildman–Crippen MR) is 90.2 cm³/mol. The van der Waals surface area contributed by atoms with Gasteiger partial charge in [0.2, 0.25) is 0 Å². The Balaban J connectivity index is 2.42. The van der Waals surface area contributed by atoms with Gasteiger partial charge < -0.3 is 21.1 Å². The van der Waals surface area contributed by atoms with Gasteiger partial charge in [-0.15, -0.1) is 0 Å². The smallest absolute Gasteiger partial charge is 0.328 e. The van der Waals surface area contributed by atoms with Crippen LogP contribution in [0, 0.1) is 5.92 Å². The first-order valence-corrected chi connectivity index (χ1v) is 7.55. The van der Waals surface area contributed by atoms with Crippen molar-refractivity contribution >= 4 is 28.7 Å². The van der Waals surface area contributed by atoms with E-state index in [1.807, 2.05) is 38.1 Å². The highest BCUT2D eigenvalue weighted by Crippen LogP contribution is 2.22. The number of hydrogen-bond acceptors (Lipinski definition) is 6. The number of nitrogens with one attached hydrogen (secondary N) is 2. The zero-order valence-electron chi connectivity index (χ0n) is 13.9. The second-order valence-electron chi connectivity index (χ2n) is 5.61. The fourth-order valence-corrected chi connectivity index (χ4v) is 2.25. The monoisotopic (exact) mass is 331 g/mol. The van der Waals surface area contributed by atoms with Gasteiger partial charge in [0.15, 0.2) is 5.82 Å². The Kier molecular flexibility index (Phi) is 5.51. The Bertz CT molecular complexity index is 748. The van der Waals surface area contributed by atoms with E-state index < -0.39 is 12.1 Å². The molecule has 0 aliphatic rings. The van der Waals surface area contributed by atoms with E-state index >= 15 is 0 Å². The SMILES string of the molecule is COC(=O)C(Nc1nc(CNC(N)=O)nc2ccccc12)C(C)C. The van der Waals surface area contributed by atoms with E-state index in [9.17, 15) is 9.59 Å². The van der Waals surface area contributed by atoms with Crippen LogP contribution in [0.4, 0.5) is 10.6 Å². The van der Waals surface area contributed by atoms with Crippen molar-refractivity contribution in [3.8, 4) is 0 Å². The van der Waals surface area contributed by atoms with Crippen molar-refractivity contribution in [2.45, 2.75) is 26.4 Å². The molecule has 2 rings (SSSR count). The minimum absolute atomic E-state index is 0.00151. The summed E-state index contributed by atoms with van der Waals surface area (Å²) in [5.41, 5.74) is 5.78. The van der Waals surface area contributed by atoms with Gasteiger partial charge in [-0.05, 0) is 18.1 Å². The summed E-state index contributed by atoms with van der Waals surface area (Å²) < 4.78 is 4.85. The van der Waals surface area contributed by atoms with Crippen molar-refractivity contribution in [3.63, 3.8) is 0 Å². The fourth-order valence-electron chi connectivity index (χ4n) is 2.25. The number of urea groups is 1. The second kappa shape index (κ2) is 7.58. The fraction of sp³-hybridized carbons (Fsp3) is 0.375. The number of hydrogen-bond donors (Lipinski definition) is 3. The summed E-state index contributed by atoms with van der Waals surface area (Å²) in [6.07, 6.45) is 0. The minimum Gasteiger partial charge on any atom is -0.467 e. The Morgan fingerprint density at radius 3 is 2.58 bits per heavy atom. The van der Waals surface area contributed by atoms with Crippen molar-refractivity contribution in [3.05, 3.63) is 30.1 Å². The van der Waals surface area contributed by atoms with Crippen LogP contribution >= 0.6 is 0 Å². The number of nitrogens with zero attached hydrogens (tertiary/aromatic N) is 2. The summed E-state index contributed by atoms with van der Waals surface area (Å²) in [6, 6.07) is 6.20. The number of amides is 2. The van der Waals surface area contributed by atoms with E-state index in [2.05, 4.69) is 20.6 Å². The summed E-state index contributed by atoms with van der Waals surface area (Å²) in [7, 11) is 1.35. The number of methoxy groups -OCH3 is 1. The van der Waals surface area contributed by atoms with Gasteiger partial charge in [0.05, 0.1) is 19.2 Å². The van der Waals surface area contributed by atoms with E-state index in [1.54, 1.807) is 0 Å². The van der Waals surface area contributed by atoms with E-state index in [0.717, 1.165) is 5.39 Å². The summed E-state index contributed by atoms with van der Waals surface area (Å²) in [5, 5.41) is 6.36. The first kappa shape index (κ1) is 17.5. The molecule has 1 atom stereocenters. The molecule has 2 aromatic rings. The number of aromatic nitrogens is 2. The van der Waals surface area contributed by atoms with E-state index in [-0.39, 0.29) is 18.4 Å². The molecule has 1 aromatic carbocycles. The predicted octanol–water partition coefficient (Wildman–Crippen LogP) is 1.41. The maximum absolute atomic E-state index is 12.0. The zero-order chi connectivity index (χ0) is 17.7. The van der Waals surface area contributed by atoms with Gasteiger partial charge in [-0.25, -0.2) is 19.6 Å². The number of anilines is 1. The lowest BCUT2D eigenvalue weighted by Gasteiger charge is -2.21. The van der Waals surface area contributed by atoms with Crippen molar-refractivity contribution < 1.29 is 14.3 Å². The maximum atomic E-state index is 12.0. The molecular formula is C16H21N5O3. The number of primary amides is 1. The zero-order valence-corrected chi connectivity index (χ0v) is 13.9. The third-order valence-corrected chi connectivity index (χ3v) is 3.48. The third kappa shape index (κ3) is 4.09. The van der Waals surface area contributed by atoms with Crippen LogP contribution < -0.4 is 16.4 Å². The molecule has 8 heteroatoms. The van der Waals surface area contributed by atoms with Gasteiger partial charge in [-0.1, -0.05) is 26.0 Å². The topological polar surface area (TPSA) is 119 Å². The van der Waals surface area contributed by atoms with Gasteiger partial charge in [0.1, 0.15) is 11.9 Å². The first-order chi connectivity index (χ1) is 11.4. The normalized spacial score (nSPS) is 12.0. The van der Waals surface area contributed by atoms with Crippen LogP contribution in [-0.2, 0) is 16.1 Å². The minimum atomic E-state index is -0.657. The molecule has 0 fully saturated rings. The number of para-hydroxylation sites is 1. The molecule has 0 radical (unpaired) electrons. The number of fused-ring (bicyclic) bond motifs is 1. The summed E-state index contributed by atoms with van der Waals surface area (Å²) in [5.74, 6) is 0.524. The molecule has 24 heavy (non-hydrogen) atoms. The van der Waals surface area contributed by atoms with E-state index in [1.165, 1.54) is 7.11 Å². The number of carbonyl (C=O) groups is 2. The van der Waals surface area contributed by atoms with Crippen molar-refractivity contribution in [1.82, 2.24) is 15.3 Å². The molecule has 2 amide bonds. The van der Waals surface area contributed by atoms with E-state index in [0.29, 0.717) is 17.2 Å². The highest BCUT2D eigenvalue weighted by Gasteiger charge is 2.24. The highest BCUT2D eigenvalue weighted by molar-refractivity contribution is 5.91. The van der Waals surface area contributed by atoms with Crippen LogP contribution in [0.1, 0.15) is 19.7 Å². The number of esters is 1. The van der Waals surface area contributed by atoms with Crippen LogP contribution in [0.2, 0.25) is 0 Å². The third-order valence-electron chi connectivity index (χ3n) is 3.48. The molecule has 0 bridgehead atoms. The van der Waals surface area contributed by atoms with Crippen LogP contribution in [0.25, 0.3) is 10.9 Å². The molecular weight excluding hydrogens is 310 g/mol. The first-order valence-electron chi connectivity index (χ1n) is 7.55. The Hall–Kier alpha value is -2.90. The summed E-state index contributed by atoms with van der Waals surface area (Å²) in [4.78, 5) is 31.7. The molecule has 1 aromatic heterocycles. The number of ether oxygens (including phenoxy) is 1. The molecule has 0 spiro atoms. The molecule has 8 nitrogen and oxygen atoms in total. The van der Waals surface area contributed by atoms with Gasteiger partial charge in [-0.2, -0.15) is 0 Å². The van der Waals surface area contributed by atoms with Gasteiger partial charge >= 0.3 is 12.0 Å². The lowest BCUT2D eigenvalue weighted by atomic mass is 10.0. The lowest BCUT2D eigenvalue weighted by Crippen LogP contribution is -2.36. The molecule has 0 aliphatic heterocycles. The van der Waals surface area contributed by atoms with Crippen molar-refractivity contribution in [2.24, 2.45) is 11.7 Å². The highest BCUT2D eigenvalue weighted by atomic mass is 16.5. The van der Waals surface area contributed by atoms with Crippen LogP contribution in [-0.4, -0.2) is 35.1 Å². The van der Waals surface area contributed by atoms with Crippen molar-refractivity contribution in [2.75, 3.05) is 12.4 Å². The maximum Gasteiger partial charge on any atom is 0.328 e. The molecule has 0 saturated carbocycles. The van der Waals surface area contributed by atoms with Crippen LogP contribution in [0.5, 0.6) is 0 Å². The average molecular weight is 331 g/mol. The molecule has 0 saturated heterocycles. The summed E-state index contributed by atoms with van der Waals surface area (Å²) >= 11 is 0. The number of carbonyl (C=O) groups excluding carboxylic acids is 2. The molecule has 4 N–H and O–H groups in total. The second-order valence-corrected chi connectivity index (χ2v) is 5.61. The number of nitrogens with two attached hydrogens (primary N) is 1. The molecule has 1 unspecified atom stereocenters. The quantitative estimate of drug-likeness (QED) is 0.689. The van der Waals surface area contributed by atoms with Crippen LogP contribution in [0.3, 0.4) is 0 Å².